The summed E-state index contributed by atoms with van der Waals surface area (Å²) >= 11 is 0. The first-order valence-corrected chi connectivity index (χ1v) is 7.16. The van der Waals surface area contributed by atoms with Gasteiger partial charge >= 0.3 is 0 Å². The summed E-state index contributed by atoms with van der Waals surface area (Å²) in [4.78, 5) is 14.1. The maximum absolute atomic E-state index is 12.0. The zero-order chi connectivity index (χ0) is 12.7. The van der Waals surface area contributed by atoms with Gasteiger partial charge in [-0.15, -0.1) is 0 Å². The summed E-state index contributed by atoms with van der Waals surface area (Å²) in [5.41, 5.74) is 0. The molecule has 2 atom stereocenters. The predicted octanol–water partition coefficient (Wildman–Crippen LogP) is 2.41. The first kappa shape index (κ1) is 14.5. The predicted molar refractivity (Wildman–Crippen MR) is 72.0 cm³/mol. The van der Waals surface area contributed by atoms with Crippen LogP contribution in [0.3, 0.4) is 0 Å². The number of likely N-dealkylation sites (tertiary alicyclic amines) is 1. The third-order valence-electron chi connectivity index (χ3n) is 3.97. The molecule has 0 saturated carbocycles. The van der Waals surface area contributed by atoms with E-state index in [4.69, 9.17) is 0 Å². The molecule has 1 aliphatic rings. The molecule has 1 saturated heterocycles. The standard InChI is InChI=1S/C14H28N2O/c1-4-6-12-7-8-14(17)16(10-9-12)11-13(5-2)15-3/h12-13,15H,4-11H2,1-3H3. The van der Waals surface area contributed by atoms with Gasteiger partial charge in [-0.05, 0) is 32.2 Å². The second-order valence-electron chi connectivity index (χ2n) is 5.22. The Morgan fingerprint density at radius 2 is 2.18 bits per heavy atom. The smallest absolute Gasteiger partial charge is 0.222 e. The van der Waals surface area contributed by atoms with E-state index in [2.05, 4.69) is 24.1 Å². The molecular formula is C14H28N2O. The summed E-state index contributed by atoms with van der Waals surface area (Å²) in [7, 11) is 1.98. The Kier molecular flexibility index (Phi) is 6.56. The molecule has 1 N–H and O–H groups in total. The average Bonchev–Trinajstić information content (AvgIpc) is 2.51. The number of nitrogens with zero attached hydrogens (tertiary/aromatic N) is 1. The molecule has 1 rings (SSSR count). The van der Waals surface area contributed by atoms with Crippen LogP contribution in [-0.2, 0) is 4.79 Å². The quantitative estimate of drug-likeness (QED) is 0.773. The van der Waals surface area contributed by atoms with E-state index in [9.17, 15) is 4.79 Å². The van der Waals surface area contributed by atoms with Gasteiger partial charge in [-0.2, -0.15) is 0 Å². The number of nitrogens with one attached hydrogen (secondary N) is 1. The van der Waals surface area contributed by atoms with Gasteiger partial charge in [0.2, 0.25) is 5.91 Å². The number of carbonyl (C=O) groups excluding carboxylic acids is 1. The highest BCUT2D eigenvalue weighted by molar-refractivity contribution is 5.76. The van der Waals surface area contributed by atoms with Crippen molar-refractivity contribution in [3.8, 4) is 0 Å². The van der Waals surface area contributed by atoms with Crippen molar-refractivity contribution in [2.75, 3.05) is 20.1 Å². The minimum Gasteiger partial charge on any atom is -0.341 e. The topological polar surface area (TPSA) is 32.3 Å². The summed E-state index contributed by atoms with van der Waals surface area (Å²) in [6.45, 7) is 6.24. The fourth-order valence-corrected chi connectivity index (χ4v) is 2.67. The van der Waals surface area contributed by atoms with Crippen LogP contribution in [0.5, 0.6) is 0 Å². The average molecular weight is 240 g/mol. The molecule has 17 heavy (non-hydrogen) atoms. The monoisotopic (exact) mass is 240 g/mol. The molecule has 3 heteroatoms. The lowest BCUT2D eigenvalue weighted by Crippen LogP contribution is -2.42. The molecule has 0 bridgehead atoms. The van der Waals surface area contributed by atoms with E-state index in [-0.39, 0.29) is 0 Å². The number of amides is 1. The van der Waals surface area contributed by atoms with E-state index in [0.717, 1.165) is 38.3 Å². The lowest BCUT2D eigenvalue weighted by Gasteiger charge is -2.25. The first-order chi connectivity index (χ1) is 8.21. The molecule has 2 unspecified atom stereocenters. The summed E-state index contributed by atoms with van der Waals surface area (Å²) in [6, 6.07) is 0.446. The molecule has 1 heterocycles. The molecule has 0 aromatic carbocycles. The Balaban J connectivity index is 2.46. The highest BCUT2D eigenvalue weighted by atomic mass is 16.2. The van der Waals surface area contributed by atoms with Crippen LogP contribution in [0.2, 0.25) is 0 Å². The Hall–Kier alpha value is -0.570. The van der Waals surface area contributed by atoms with Crippen molar-refractivity contribution >= 4 is 5.91 Å². The lowest BCUT2D eigenvalue weighted by molar-refractivity contribution is -0.131. The van der Waals surface area contributed by atoms with Crippen molar-refractivity contribution in [3.63, 3.8) is 0 Å². The molecule has 3 nitrogen and oxygen atoms in total. The van der Waals surface area contributed by atoms with Crippen LogP contribution in [0.15, 0.2) is 0 Å². The van der Waals surface area contributed by atoms with Crippen LogP contribution in [0.4, 0.5) is 0 Å². The molecule has 0 aromatic heterocycles. The van der Waals surface area contributed by atoms with Gasteiger partial charge in [-0.25, -0.2) is 0 Å². The number of carbonyl (C=O) groups is 1. The van der Waals surface area contributed by atoms with Gasteiger partial charge in [0.15, 0.2) is 0 Å². The fourth-order valence-electron chi connectivity index (χ4n) is 2.67. The van der Waals surface area contributed by atoms with E-state index < -0.39 is 0 Å². The Labute approximate surface area is 106 Å². The van der Waals surface area contributed by atoms with Crippen LogP contribution >= 0.6 is 0 Å². The number of hydrogen-bond donors (Lipinski definition) is 1. The van der Waals surface area contributed by atoms with E-state index in [1.165, 1.54) is 19.3 Å². The molecule has 1 amide bonds. The minimum atomic E-state index is 0.359. The summed E-state index contributed by atoms with van der Waals surface area (Å²) < 4.78 is 0. The van der Waals surface area contributed by atoms with Crippen LogP contribution in [0.1, 0.15) is 52.4 Å². The Morgan fingerprint density at radius 1 is 1.41 bits per heavy atom. The number of hydrogen-bond acceptors (Lipinski definition) is 2. The zero-order valence-corrected chi connectivity index (χ0v) is 11.7. The number of rotatable bonds is 6. The van der Waals surface area contributed by atoms with E-state index in [1.807, 2.05) is 7.05 Å². The van der Waals surface area contributed by atoms with Crippen molar-refractivity contribution in [2.24, 2.45) is 5.92 Å². The molecule has 0 aromatic rings. The highest BCUT2D eigenvalue weighted by Gasteiger charge is 2.23. The minimum absolute atomic E-state index is 0.359. The van der Waals surface area contributed by atoms with Crippen molar-refractivity contribution in [3.05, 3.63) is 0 Å². The van der Waals surface area contributed by atoms with Gasteiger partial charge in [0.1, 0.15) is 0 Å². The molecule has 0 radical (unpaired) electrons. The van der Waals surface area contributed by atoms with Gasteiger partial charge in [0.25, 0.3) is 0 Å². The molecule has 1 fully saturated rings. The lowest BCUT2D eigenvalue weighted by atomic mass is 9.96. The van der Waals surface area contributed by atoms with E-state index in [0.29, 0.717) is 11.9 Å². The van der Waals surface area contributed by atoms with Crippen LogP contribution in [0.25, 0.3) is 0 Å². The van der Waals surface area contributed by atoms with Crippen molar-refractivity contribution in [1.82, 2.24) is 10.2 Å². The van der Waals surface area contributed by atoms with Crippen LogP contribution < -0.4 is 5.32 Å². The van der Waals surface area contributed by atoms with E-state index >= 15 is 0 Å². The SMILES string of the molecule is CCCC1CCC(=O)N(CC(CC)NC)CC1. The highest BCUT2D eigenvalue weighted by Crippen LogP contribution is 2.22. The van der Waals surface area contributed by atoms with Crippen molar-refractivity contribution in [2.45, 2.75) is 58.4 Å². The van der Waals surface area contributed by atoms with Crippen LogP contribution in [0, 0.1) is 5.92 Å². The fraction of sp³-hybridized carbons (Fsp3) is 0.929. The summed E-state index contributed by atoms with van der Waals surface area (Å²) in [5, 5.41) is 3.28. The molecule has 0 spiro atoms. The summed E-state index contributed by atoms with van der Waals surface area (Å²) in [5.74, 6) is 1.13. The zero-order valence-electron chi connectivity index (χ0n) is 11.7. The van der Waals surface area contributed by atoms with Crippen molar-refractivity contribution < 1.29 is 4.79 Å². The molecule has 100 valence electrons. The number of likely N-dealkylation sites (N-methyl/N-ethyl adjacent to an activating group) is 1. The Morgan fingerprint density at radius 3 is 2.76 bits per heavy atom. The molecule has 0 aliphatic carbocycles. The van der Waals surface area contributed by atoms with E-state index in [1.54, 1.807) is 0 Å². The second kappa shape index (κ2) is 7.70. The van der Waals surface area contributed by atoms with Gasteiger partial charge in [-0.3, -0.25) is 4.79 Å². The maximum Gasteiger partial charge on any atom is 0.222 e. The maximum atomic E-state index is 12.0. The third kappa shape index (κ3) is 4.66. The normalized spacial score (nSPS) is 23.6. The van der Waals surface area contributed by atoms with Gasteiger partial charge < -0.3 is 10.2 Å². The van der Waals surface area contributed by atoms with Gasteiger partial charge in [0.05, 0.1) is 0 Å². The summed E-state index contributed by atoms with van der Waals surface area (Å²) in [6.07, 6.45) is 6.65. The third-order valence-corrected chi connectivity index (χ3v) is 3.97. The first-order valence-electron chi connectivity index (χ1n) is 7.16. The second-order valence-corrected chi connectivity index (χ2v) is 5.22. The van der Waals surface area contributed by atoms with Crippen LogP contribution in [-0.4, -0.2) is 37.0 Å². The Bertz CT molecular complexity index is 226. The van der Waals surface area contributed by atoms with Gasteiger partial charge in [0, 0.05) is 25.6 Å². The molecule has 1 aliphatic heterocycles. The van der Waals surface area contributed by atoms with Crippen molar-refractivity contribution in [1.29, 1.82) is 0 Å². The van der Waals surface area contributed by atoms with Gasteiger partial charge in [-0.1, -0.05) is 26.7 Å². The largest absolute Gasteiger partial charge is 0.341 e. The molecular weight excluding hydrogens is 212 g/mol.